The molecule has 144 valence electrons. The zero-order chi connectivity index (χ0) is 19.3. The molecule has 3 saturated carbocycles. The van der Waals surface area contributed by atoms with Crippen LogP contribution in [0.2, 0.25) is 5.28 Å². The molecule has 6 rings (SSSR count). The van der Waals surface area contributed by atoms with Gasteiger partial charge in [-0.25, -0.2) is 4.98 Å². The smallest absolute Gasteiger partial charge is 0.308 e. The highest BCUT2D eigenvalue weighted by molar-refractivity contribution is 6.28. The van der Waals surface area contributed by atoms with Crippen LogP contribution in [0.5, 0.6) is 0 Å². The molecule has 0 spiro atoms. The van der Waals surface area contributed by atoms with Crippen LogP contribution < -0.4 is 5.32 Å². The van der Waals surface area contributed by atoms with Crippen molar-refractivity contribution in [3.63, 3.8) is 0 Å². The summed E-state index contributed by atoms with van der Waals surface area (Å²) in [4.78, 5) is 20.8. The van der Waals surface area contributed by atoms with Gasteiger partial charge in [0.25, 0.3) is 0 Å². The van der Waals surface area contributed by atoms with Crippen LogP contribution in [0, 0.1) is 17.8 Å². The molecule has 0 aliphatic heterocycles. The highest BCUT2D eigenvalue weighted by atomic mass is 35.5. The molecule has 2 bridgehead atoms. The fourth-order valence-corrected chi connectivity index (χ4v) is 5.27. The van der Waals surface area contributed by atoms with Crippen LogP contribution in [-0.4, -0.2) is 31.7 Å². The Morgan fingerprint density at radius 1 is 1.07 bits per heavy atom. The Hall–Kier alpha value is -2.60. The van der Waals surface area contributed by atoms with Gasteiger partial charge in [0.1, 0.15) is 5.52 Å². The molecule has 3 aliphatic carbocycles. The minimum Gasteiger partial charge on any atom is -0.481 e. The van der Waals surface area contributed by atoms with E-state index in [4.69, 9.17) is 11.6 Å². The lowest BCUT2D eigenvalue weighted by Gasteiger charge is -2.47. The Morgan fingerprint density at radius 3 is 2.50 bits per heavy atom. The van der Waals surface area contributed by atoms with E-state index in [0.29, 0.717) is 11.7 Å². The van der Waals surface area contributed by atoms with Crippen molar-refractivity contribution in [1.82, 2.24) is 14.5 Å². The number of carbonyl (C=O) groups is 1. The number of anilines is 1. The van der Waals surface area contributed by atoms with Crippen molar-refractivity contribution in [2.75, 3.05) is 5.32 Å². The first kappa shape index (κ1) is 17.5. The normalized spacial score (nSPS) is 26.5. The molecule has 2 N–H and O–H groups in total. The lowest BCUT2D eigenvalue weighted by Crippen LogP contribution is -2.51. The average molecular weight is 397 g/mol. The number of nitrogens with one attached hydrogen (secondary N) is 1. The number of benzene rings is 1. The Balaban J connectivity index is 1.60. The summed E-state index contributed by atoms with van der Waals surface area (Å²) in [5.74, 6) is 0.0644. The summed E-state index contributed by atoms with van der Waals surface area (Å²) in [5.41, 5.74) is 2.55. The number of aliphatic carboxylic acids is 1. The molecular weight excluding hydrogens is 376 g/mol. The van der Waals surface area contributed by atoms with Crippen LogP contribution in [-0.2, 0) is 4.79 Å². The largest absolute Gasteiger partial charge is 0.481 e. The van der Waals surface area contributed by atoms with Crippen LogP contribution in [0.25, 0.3) is 16.7 Å². The topological polar surface area (TPSA) is 80.0 Å². The fraction of sp³-hybridized carbons (Fsp3) is 0.381. The summed E-state index contributed by atoms with van der Waals surface area (Å²) in [7, 11) is 0. The van der Waals surface area contributed by atoms with Gasteiger partial charge in [-0.3, -0.25) is 4.79 Å². The fourth-order valence-electron chi connectivity index (χ4n) is 5.09. The van der Waals surface area contributed by atoms with Crippen molar-refractivity contribution in [2.24, 2.45) is 17.8 Å². The second-order valence-corrected chi connectivity index (χ2v) is 8.14. The molecular formula is C21H21ClN4O2. The van der Waals surface area contributed by atoms with Gasteiger partial charge in [-0.1, -0.05) is 18.2 Å². The van der Waals surface area contributed by atoms with Crippen LogP contribution in [0.4, 0.5) is 5.82 Å². The number of rotatable bonds is 4. The van der Waals surface area contributed by atoms with Crippen molar-refractivity contribution >= 4 is 34.4 Å². The Bertz CT molecular complexity index is 1030. The van der Waals surface area contributed by atoms with E-state index in [1.807, 2.05) is 47.2 Å². The van der Waals surface area contributed by atoms with Crippen LogP contribution in [0.1, 0.15) is 25.7 Å². The minimum atomic E-state index is -0.721. The van der Waals surface area contributed by atoms with Gasteiger partial charge in [0.2, 0.25) is 5.28 Å². The number of fused-ring (bicyclic) bond motifs is 4. The van der Waals surface area contributed by atoms with Gasteiger partial charge in [0, 0.05) is 17.9 Å². The zero-order valence-corrected chi connectivity index (χ0v) is 16.0. The van der Waals surface area contributed by atoms with Gasteiger partial charge in [0.05, 0.1) is 11.4 Å². The molecule has 2 unspecified atom stereocenters. The van der Waals surface area contributed by atoms with Crippen molar-refractivity contribution < 1.29 is 9.90 Å². The van der Waals surface area contributed by atoms with Gasteiger partial charge < -0.3 is 15.0 Å². The van der Waals surface area contributed by atoms with Crippen molar-refractivity contribution in [1.29, 1.82) is 0 Å². The molecule has 6 nitrogen and oxygen atoms in total. The summed E-state index contributed by atoms with van der Waals surface area (Å²) >= 11 is 6.19. The predicted octanol–water partition coefficient (Wildman–Crippen LogP) is 4.38. The number of nitrogens with zero attached hydrogens (tertiary/aromatic N) is 3. The summed E-state index contributed by atoms with van der Waals surface area (Å²) in [6.45, 7) is 0. The minimum absolute atomic E-state index is 0.140. The molecule has 2 aromatic heterocycles. The highest BCUT2D eigenvalue weighted by Gasteiger charge is 2.47. The van der Waals surface area contributed by atoms with Crippen molar-refractivity contribution in [3.05, 3.63) is 47.9 Å². The standard InChI is InChI=1S/C21H21ClN4O2/c22-21-23-15-10-11-26(14-4-2-1-3-5-14)18(15)19(25-21)24-17-13-8-6-12(7-9-13)16(17)20(27)28/h1-5,10-13,16-17H,6-9H2,(H,27,28)(H,23,24,25). The van der Waals surface area contributed by atoms with Gasteiger partial charge >= 0.3 is 5.97 Å². The maximum Gasteiger partial charge on any atom is 0.308 e. The summed E-state index contributed by atoms with van der Waals surface area (Å²) in [6.07, 6.45) is 6.07. The maximum atomic E-state index is 12.0. The van der Waals surface area contributed by atoms with E-state index in [0.717, 1.165) is 42.4 Å². The van der Waals surface area contributed by atoms with E-state index in [2.05, 4.69) is 15.3 Å². The van der Waals surface area contributed by atoms with Crippen molar-refractivity contribution in [3.8, 4) is 5.69 Å². The Morgan fingerprint density at radius 2 is 1.79 bits per heavy atom. The molecule has 0 amide bonds. The third kappa shape index (κ3) is 2.83. The molecule has 7 heteroatoms. The molecule has 1 aromatic carbocycles. The lowest BCUT2D eigenvalue weighted by atomic mass is 9.61. The van der Waals surface area contributed by atoms with Gasteiger partial charge in [-0.2, -0.15) is 4.98 Å². The number of aromatic nitrogens is 3. The molecule has 2 heterocycles. The molecule has 0 saturated heterocycles. The first-order valence-electron chi connectivity index (χ1n) is 9.71. The van der Waals surface area contributed by atoms with Gasteiger partial charge in [-0.15, -0.1) is 0 Å². The Kier molecular flexibility index (Phi) is 4.23. The summed E-state index contributed by atoms with van der Waals surface area (Å²) in [6, 6.07) is 11.7. The Labute approximate surface area is 167 Å². The third-order valence-corrected chi connectivity index (χ3v) is 6.52. The van der Waals surface area contributed by atoms with E-state index in [-0.39, 0.29) is 17.2 Å². The zero-order valence-electron chi connectivity index (χ0n) is 15.3. The summed E-state index contributed by atoms with van der Waals surface area (Å²) in [5, 5.41) is 13.5. The van der Waals surface area contributed by atoms with Gasteiger partial charge in [0.15, 0.2) is 5.82 Å². The maximum absolute atomic E-state index is 12.0. The first-order valence-corrected chi connectivity index (χ1v) is 10.1. The molecule has 3 aliphatic rings. The third-order valence-electron chi connectivity index (χ3n) is 6.35. The lowest BCUT2D eigenvalue weighted by molar-refractivity contribution is -0.148. The number of para-hydroxylation sites is 1. The number of hydrogen-bond donors (Lipinski definition) is 2. The van der Waals surface area contributed by atoms with Crippen LogP contribution in [0.3, 0.4) is 0 Å². The predicted molar refractivity (Wildman–Crippen MR) is 108 cm³/mol. The number of carboxylic acids is 1. The second kappa shape index (κ2) is 6.78. The van der Waals surface area contributed by atoms with E-state index < -0.39 is 11.9 Å². The molecule has 2 atom stereocenters. The number of carboxylic acid groups (broad SMARTS) is 1. The van der Waals surface area contributed by atoms with E-state index in [9.17, 15) is 9.90 Å². The molecule has 28 heavy (non-hydrogen) atoms. The average Bonchev–Trinajstić information content (AvgIpc) is 3.13. The first-order chi connectivity index (χ1) is 13.6. The van der Waals surface area contributed by atoms with Gasteiger partial charge in [-0.05, 0) is 67.3 Å². The molecule has 3 fully saturated rings. The van der Waals surface area contributed by atoms with E-state index in [1.54, 1.807) is 0 Å². The van der Waals surface area contributed by atoms with E-state index >= 15 is 0 Å². The molecule has 3 aromatic rings. The number of hydrogen-bond acceptors (Lipinski definition) is 4. The highest BCUT2D eigenvalue weighted by Crippen LogP contribution is 2.46. The quantitative estimate of drug-likeness (QED) is 0.640. The van der Waals surface area contributed by atoms with Crippen LogP contribution in [0.15, 0.2) is 42.6 Å². The molecule has 0 radical (unpaired) electrons. The second-order valence-electron chi connectivity index (χ2n) is 7.81. The SMILES string of the molecule is O=C(O)C1C2CCC(CC2)C1Nc1nc(Cl)nc2ccn(-c3ccccc3)c12. The van der Waals surface area contributed by atoms with Crippen molar-refractivity contribution in [2.45, 2.75) is 31.7 Å². The summed E-state index contributed by atoms with van der Waals surface area (Å²) < 4.78 is 2.02. The monoisotopic (exact) mass is 396 g/mol. The van der Waals surface area contributed by atoms with E-state index in [1.165, 1.54) is 0 Å². The van der Waals surface area contributed by atoms with Crippen LogP contribution >= 0.6 is 11.6 Å². The number of halogens is 1.